The number of H-pyrrole nitrogens is 4. The van der Waals surface area contributed by atoms with Crippen LogP contribution in [0.2, 0.25) is 0 Å². The van der Waals surface area contributed by atoms with Gasteiger partial charge in [0.15, 0.2) is 0 Å². The summed E-state index contributed by atoms with van der Waals surface area (Å²) in [5.41, 5.74) is -1.93. The minimum absolute atomic E-state index is 0. The Balaban J connectivity index is 0.000000364. The Labute approximate surface area is 115 Å². The van der Waals surface area contributed by atoms with Crippen LogP contribution in [0.1, 0.15) is 11.1 Å². The van der Waals surface area contributed by atoms with Gasteiger partial charge in [-0.25, -0.2) is 9.59 Å². The quantitative estimate of drug-likeness (QED) is 0.329. The third-order valence-corrected chi connectivity index (χ3v) is 2.13. The number of aliphatic hydroxyl groups excluding tert-OH is 2. The predicted octanol–water partition coefficient (Wildman–Crippen LogP) is -3.71. The minimum atomic E-state index is -0.567. The van der Waals surface area contributed by atoms with E-state index in [2.05, 4.69) is 9.97 Å². The van der Waals surface area contributed by atoms with Crippen LogP contribution in [0.25, 0.3) is 0 Å². The standard InChI is InChI=1S/2C5H6N2O3.H2O/c2*8-2-3-1-6-5(10)7-4(3)9;/h2*1,8H,2H2,(H2,6,7,9,10);1H2. The van der Waals surface area contributed by atoms with Crippen molar-refractivity contribution in [2.24, 2.45) is 0 Å². The van der Waals surface area contributed by atoms with Crippen molar-refractivity contribution < 1.29 is 15.7 Å². The molecule has 0 bridgehead atoms. The second-order valence-electron chi connectivity index (χ2n) is 3.51. The summed E-state index contributed by atoms with van der Waals surface area (Å²) >= 11 is 0. The zero-order chi connectivity index (χ0) is 15.1. The van der Waals surface area contributed by atoms with Gasteiger partial charge >= 0.3 is 11.4 Å². The van der Waals surface area contributed by atoms with Gasteiger partial charge in [-0.1, -0.05) is 0 Å². The molecule has 0 unspecified atom stereocenters. The molecule has 8 N–H and O–H groups in total. The van der Waals surface area contributed by atoms with Gasteiger partial charge in [0.05, 0.1) is 24.3 Å². The molecule has 2 aromatic rings. The topological polar surface area (TPSA) is 203 Å². The lowest BCUT2D eigenvalue weighted by Crippen LogP contribution is -2.24. The van der Waals surface area contributed by atoms with E-state index in [-0.39, 0.29) is 29.8 Å². The molecule has 0 aliphatic rings. The first-order valence-corrected chi connectivity index (χ1v) is 5.31. The highest BCUT2D eigenvalue weighted by Gasteiger charge is 1.95. The Kier molecular flexibility index (Phi) is 7.31. The number of aliphatic hydroxyl groups is 2. The Hall–Kier alpha value is -2.76. The van der Waals surface area contributed by atoms with Gasteiger partial charge in [0.2, 0.25) is 0 Å². The van der Waals surface area contributed by atoms with E-state index in [0.717, 1.165) is 0 Å². The zero-order valence-electron chi connectivity index (χ0n) is 10.6. The molecule has 11 heteroatoms. The van der Waals surface area contributed by atoms with Crippen molar-refractivity contribution in [3.05, 3.63) is 65.2 Å². The molecule has 11 nitrogen and oxygen atoms in total. The lowest BCUT2D eigenvalue weighted by atomic mass is 10.4. The van der Waals surface area contributed by atoms with E-state index in [4.69, 9.17) is 10.2 Å². The highest BCUT2D eigenvalue weighted by Crippen LogP contribution is 1.80. The van der Waals surface area contributed by atoms with Crippen LogP contribution >= 0.6 is 0 Å². The second-order valence-corrected chi connectivity index (χ2v) is 3.51. The Bertz CT molecular complexity index is 717. The van der Waals surface area contributed by atoms with Crippen LogP contribution in [0.3, 0.4) is 0 Å². The largest absolute Gasteiger partial charge is 0.412 e. The summed E-state index contributed by atoms with van der Waals surface area (Å²) in [6, 6.07) is 0. The smallest absolute Gasteiger partial charge is 0.325 e. The van der Waals surface area contributed by atoms with E-state index in [0.29, 0.717) is 0 Å². The van der Waals surface area contributed by atoms with E-state index >= 15 is 0 Å². The molecule has 0 spiro atoms. The van der Waals surface area contributed by atoms with Crippen molar-refractivity contribution >= 4 is 0 Å². The van der Waals surface area contributed by atoms with Gasteiger partial charge in [0, 0.05) is 12.4 Å². The molecule has 2 aromatic heterocycles. The lowest BCUT2D eigenvalue weighted by molar-refractivity contribution is 0.279. The van der Waals surface area contributed by atoms with Crippen LogP contribution < -0.4 is 22.5 Å². The minimum Gasteiger partial charge on any atom is -0.412 e. The molecular weight excluding hydrogens is 288 g/mol. The fourth-order valence-electron chi connectivity index (χ4n) is 1.11. The molecule has 0 saturated heterocycles. The third kappa shape index (κ3) is 5.40. The van der Waals surface area contributed by atoms with Crippen LogP contribution in [-0.2, 0) is 13.2 Å². The maximum atomic E-state index is 10.6. The number of aromatic nitrogens is 4. The monoisotopic (exact) mass is 302 g/mol. The van der Waals surface area contributed by atoms with Gasteiger partial charge < -0.3 is 25.7 Å². The van der Waals surface area contributed by atoms with Crippen LogP contribution in [0.5, 0.6) is 0 Å². The lowest BCUT2D eigenvalue weighted by Gasteiger charge is -1.89. The number of rotatable bonds is 2. The summed E-state index contributed by atoms with van der Waals surface area (Å²) in [7, 11) is 0. The molecule has 0 radical (unpaired) electrons. The fourth-order valence-corrected chi connectivity index (χ4v) is 1.11. The van der Waals surface area contributed by atoms with Crippen molar-refractivity contribution in [1.82, 2.24) is 19.9 Å². The van der Waals surface area contributed by atoms with Crippen molar-refractivity contribution in [1.29, 1.82) is 0 Å². The first-order valence-electron chi connectivity index (χ1n) is 5.31. The summed E-state index contributed by atoms with van der Waals surface area (Å²) in [6.07, 6.45) is 2.36. The Morgan fingerprint density at radius 2 is 1.10 bits per heavy atom. The summed E-state index contributed by atoms with van der Waals surface area (Å²) in [4.78, 5) is 50.4. The normalized spacial score (nSPS) is 9.24. The van der Waals surface area contributed by atoms with Crippen molar-refractivity contribution in [2.75, 3.05) is 0 Å². The molecule has 2 rings (SSSR count). The van der Waals surface area contributed by atoms with Gasteiger partial charge in [-0.15, -0.1) is 0 Å². The van der Waals surface area contributed by atoms with Gasteiger partial charge in [0.1, 0.15) is 0 Å². The molecular formula is C10H14N4O7. The maximum Gasteiger partial charge on any atom is 0.325 e. The average molecular weight is 302 g/mol. The number of hydrogen-bond acceptors (Lipinski definition) is 6. The van der Waals surface area contributed by atoms with Gasteiger partial charge in [-0.05, 0) is 0 Å². The Morgan fingerprint density at radius 3 is 1.33 bits per heavy atom. The molecule has 116 valence electrons. The van der Waals surface area contributed by atoms with E-state index in [1.807, 2.05) is 9.97 Å². The zero-order valence-corrected chi connectivity index (χ0v) is 10.6. The predicted molar refractivity (Wildman–Crippen MR) is 70.8 cm³/mol. The van der Waals surface area contributed by atoms with E-state index < -0.39 is 22.5 Å². The number of aromatic amines is 4. The van der Waals surface area contributed by atoms with Crippen LogP contribution in [0.4, 0.5) is 0 Å². The first-order chi connectivity index (χ1) is 9.47. The van der Waals surface area contributed by atoms with E-state index in [9.17, 15) is 19.2 Å². The highest BCUT2D eigenvalue weighted by molar-refractivity contribution is 5.01. The molecule has 0 fully saturated rings. The summed E-state index contributed by atoms with van der Waals surface area (Å²) in [5, 5.41) is 16.9. The van der Waals surface area contributed by atoms with Gasteiger partial charge in [-0.3, -0.25) is 19.6 Å². The van der Waals surface area contributed by atoms with Crippen LogP contribution in [0, 0.1) is 0 Å². The van der Waals surface area contributed by atoms with E-state index in [1.54, 1.807) is 0 Å². The summed E-state index contributed by atoms with van der Waals surface area (Å²) in [6.45, 7) is -0.738. The molecule has 0 aliphatic heterocycles. The van der Waals surface area contributed by atoms with Crippen LogP contribution in [0.15, 0.2) is 31.6 Å². The average Bonchev–Trinajstić information content (AvgIpc) is 2.40. The molecule has 2 heterocycles. The van der Waals surface area contributed by atoms with Crippen molar-refractivity contribution in [2.45, 2.75) is 13.2 Å². The van der Waals surface area contributed by atoms with Crippen molar-refractivity contribution in [3.8, 4) is 0 Å². The van der Waals surface area contributed by atoms with E-state index in [1.165, 1.54) is 12.4 Å². The molecule has 0 aliphatic carbocycles. The number of nitrogens with one attached hydrogen (secondary N) is 4. The maximum absolute atomic E-state index is 10.6. The first kappa shape index (κ1) is 18.2. The molecule has 0 atom stereocenters. The SMILES string of the molecule is O.O=c1[nH]cc(CO)c(=O)[nH]1.O=c1[nH]cc(CO)c(=O)[nH]1. The fraction of sp³-hybridized carbons (Fsp3) is 0.200. The summed E-state index contributed by atoms with van der Waals surface area (Å²) in [5.74, 6) is 0. The van der Waals surface area contributed by atoms with Gasteiger partial charge in [0.25, 0.3) is 11.1 Å². The molecule has 0 saturated carbocycles. The molecule has 21 heavy (non-hydrogen) atoms. The molecule has 0 aromatic carbocycles. The number of hydrogen-bond donors (Lipinski definition) is 6. The Morgan fingerprint density at radius 1 is 0.762 bits per heavy atom. The van der Waals surface area contributed by atoms with Crippen LogP contribution in [-0.4, -0.2) is 35.6 Å². The van der Waals surface area contributed by atoms with Gasteiger partial charge in [-0.2, -0.15) is 0 Å². The third-order valence-electron chi connectivity index (χ3n) is 2.13. The molecule has 0 amide bonds. The highest BCUT2D eigenvalue weighted by atomic mass is 16.3. The van der Waals surface area contributed by atoms with Crippen molar-refractivity contribution in [3.63, 3.8) is 0 Å². The second kappa shape index (κ2) is 8.42. The summed E-state index contributed by atoms with van der Waals surface area (Å²) < 4.78 is 0.